The number of hydrogen-bond donors (Lipinski definition) is 0. The van der Waals surface area contributed by atoms with Crippen LogP contribution in [0.4, 0.5) is 17.1 Å². The number of nitrogens with zero attached hydrogens (tertiary/aromatic N) is 2. The van der Waals surface area contributed by atoms with Gasteiger partial charge in [0, 0.05) is 42.8 Å². The molecule has 10 aromatic carbocycles. The summed E-state index contributed by atoms with van der Waals surface area (Å²) in [5.74, 6) is 0. The Balaban J connectivity index is 1.00. The van der Waals surface area contributed by atoms with E-state index in [4.69, 9.17) is 4.98 Å². The van der Waals surface area contributed by atoms with Crippen molar-refractivity contribution in [3.8, 4) is 55.1 Å². The molecular weight excluding hydrogens is 801 g/mol. The lowest BCUT2D eigenvalue weighted by Crippen LogP contribution is -2.10. The summed E-state index contributed by atoms with van der Waals surface area (Å²) >= 11 is 3.61. The highest BCUT2D eigenvalue weighted by Crippen LogP contribution is 2.46. The average molecular weight is 839 g/mol. The van der Waals surface area contributed by atoms with Crippen LogP contribution >= 0.6 is 22.7 Å². The molecule has 0 radical (unpaired) electrons. The number of rotatable bonds is 8. The summed E-state index contributed by atoms with van der Waals surface area (Å²) in [4.78, 5) is 7.46. The molecule has 63 heavy (non-hydrogen) atoms. The van der Waals surface area contributed by atoms with Crippen molar-refractivity contribution in [3.05, 3.63) is 231 Å². The molecule has 12 aromatic rings. The second-order valence-electron chi connectivity index (χ2n) is 15.9. The molecule has 0 saturated heterocycles. The van der Waals surface area contributed by atoms with Crippen LogP contribution in [0.3, 0.4) is 0 Å². The van der Waals surface area contributed by atoms with Gasteiger partial charge in [0.1, 0.15) is 5.01 Å². The molecule has 0 N–H and O–H groups in total. The third kappa shape index (κ3) is 6.77. The van der Waals surface area contributed by atoms with Gasteiger partial charge in [-0.15, -0.1) is 22.7 Å². The largest absolute Gasteiger partial charge is 0.310 e. The first-order valence-corrected chi connectivity index (χ1v) is 22.9. The van der Waals surface area contributed by atoms with E-state index in [1.807, 2.05) is 11.3 Å². The molecule has 2 heterocycles. The minimum absolute atomic E-state index is 1.06. The molecule has 0 atom stereocenters. The smallest absolute Gasteiger partial charge is 0.124 e. The lowest BCUT2D eigenvalue weighted by atomic mass is 9.90. The van der Waals surface area contributed by atoms with E-state index in [-0.39, 0.29) is 0 Å². The van der Waals surface area contributed by atoms with Crippen LogP contribution in [0.15, 0.2) is 231 Å². The molecule has 0 saturated carbocycles. The van der Waals surface area contributed by atoms with Crippen molar-refractivity contribution < 1.29 is 0 Å². The summed E-state index contributed by atoms with van der Waals surface area (Å²) < 4.78 is 3.75. The SMILES string of the molecule is c1ccc(-c2cccc(N(c3ccc(-c4cccc5sc6cc7nc(-c8ccccc8)sc7cc6c45)cc3)c3ccc(-c4cccc5ccccc45)c(-c4ccccc4)c3)c2)cc1. The monoisotopic (exact) mass is 838 g/mol. The number of aromatic nitrogens is 1. The number of hydrogen-bond acceptors (Lipinski definition) is 4. The summed E-state index contributed by atoms with van der Waals surface area (Å²) in [6, 6.07) is 83.7. The van der Waals surface area contributed by atoms with E-state index < -0.39 is 0 Å². The van der Waals surface area contributed by atoms with Gasteiger partial charge < -0.3 is 4.90 Å². The van der Waals surface area contributed by atoms with Crippen molar-refractivity contribution in [1.29, 1.82) is 0 Å². The maximum absolute atomic E-state index is 5.06. The van der Waals surface area contributed by atoms with Crippen LogP contribution in [0, 0.1) is 0 Å². The summed E-state index contributed by atoms with van der Waals surface area (Å²) in [6.45, 7) is 0. The summed E-state index contributed by atoms with van der Waals surface area (Å²) in [5.41, 5.74) is 15.1. The van der Waals surface area contributed by atoms with Crippen molar-refractivity contribution in [2.75, 3.05) is 4.90 Å². The van der Waals surface area contributed by atoms with Crippen LogP contribution in [0.25, 0.3) is 96.2 Å². The van der Waals surface area contributed by atoms with Gasteiger partial charge in [-0.2, -0.15) is 0 Å². The van der Waals surface area contributed by atoms with Crippen molar-refractivity contribution in [1.82, 2.24) is 4.98 Å². The molecule has 0 bridgehead atoms. The third-order valence-electron chi connectivity index (χ3n) is 12.1. The summed E-state index contributed by atoms with van der Waals surface area (Å²) in [7, 11) is 0. The minimum Gasteiger partial charge on any atom is -0.310 e. The molecule has 0 unspecified atom stereocenters. The third-order valence-corrected chi connectivity index (χ3v) is 14.3. The second kappa shape index (κ2) is 15.7. The highest BCUT2D eigenvalue weighted by molar-refractivity contribution is 7.26. The summed E-state index contributed by atoms with van der Waals surface area (Å²) in [6.07, 6.45) is 0. The number of anilines is 3. The molecule has 0 fully saturated rings. The zero-order chi connectivity index (χ0) is 41.7. The van der Waals surface area contributed by atoms with Crippen molar-refractivity contribution in [3.63, 3.8) is 0 Å². The van der Waals surface area contributed by atoms with Gasteiger partial charge in [0.25, 0.3) is 0 Å². The predicted octanol–water partition coefficient (Wildman–Crippen LogP) is 17.6. The summed E-state index contributed by atoms with van der Waals surface area (Å²) in [5, 5.41) is 6.11. The Morgan fingerprint density at radius 2 is 0.937 bits per heavy atom. The Labute approximate surface area is 374 Å². The molecule has 296 valence electrons. The van der Waals surface area contributed by atoms with Gasteiger partial charge in [0.05, 0.1) is 10.2 Å². The van der Waals surface area contributed by atoms with Crippen LogP contribution in [0.1, 0.15) is 0 Å². The molecule has 2 aromatic heterocycles. The van der Waals surface area contributed by atoms with E-state index >= 15 is 0 Å². The second-order valence-corrected chi connectivity index (χ2v) is 18.0. The Bertz CT molecular complexity index is 3600. The van der Waals surface area contributed by atoms with E-state index in [1.165, 1.54) is 80.2 Å². The van der Waals surface area contributed by atoms with Crippen LogP contribution in [-0.2, 0) is 0 Å². The number of fused-ring (bicyclic) bond motifs is 5. The molecule has 0 spiro atoms. The Hall–Kier alpha value is -7.63. The normalized spacial score (nSPS) is 11.5. The Kier molecular flexibility index (Phi) is 9.25. The number of benzene rings is 10. The predicted molar refractivity (Wildman–Crippen MR) is 272 cm³/mol. The fourth-order valence-electron chi connectivity index (χ4n) is 9.11. The van der Waals surface area contributed by atoms with Gasteiger partial charge in [-0.3, -0.25) is 0 Å². The van der Waals surface area contributed by atoms with Crippen LogP contribution in [0.5, 0.6) is 0 Å². The van der Waals surface area contributed by atoms with Gasteiger partial charge in [-0.1, -0.05) is 176 Å². The van der Waals surface area contributed by atoms with Gasteiger partial charge in [0.15, 0.2) is 0 Å². The van der Waals surface area contributed by atoms with Gasteiger partial charge in [-0.25, -0.2) is 4.98 Å². The van der Waals surface area contributed by atoms with Crippen LogP contribution < -0.4 is 4.90 Å². The fourth-order valence-corrected chi connectivity index (χ4v) is 11.2. The van der Waals surface area contributed by atoms with Gasteiger partial charge in [-0.05, 0) is 110 Å². The number of thiazole rings is 1. The van der Waals surface area contributed by atoms with Crippen molar-refractivity contribution >= 4 is 80.9 Å². The van der Waals surface area contributed by atoms with E-state index in [1.54, 1.807) is 11.3 Å². The standard InChI is InChI=1S/C59H38N2S2/c1-4-15-39(16-5-1)44-23-12-24-46(35-44)61(47-33-34-51(52(36-47)41-17-6-2-7-18-41)50-27-13-22-40-19-10-11-25-48(40)50)45-31-29-42(30-32-45)49-26-14-28-55-58(49)53-37-57-54(38-56(53)62-55)60-59(63-57)43-20-8-3-9-21-43/h1-38H. The Morgan fingerprint density at radius 1 is 0.317 bits per heavy atom. The van der Waals surface area contributed by atoms with Crippen molar-refractivity contribution in [2.45, 2.75) is 0 Å². The van der Waals surface area contributed by atoms with E-state index in [0.29, 0.717) is 0 Å². The molecule has 4 heteroatoms. The van der Waals surface area contributed by atoms with E-state index in [0.717, 1.165) is 33.1 Å². The highest BCUT2D eigenvalue weighted by Gasteiger charge is 2.20. The first-order chi connectivity index (χ1) is 31.2. The van der Waals surface area contributed by atoms with Crippen LogP contribution in [-0.4, -0.2) is 4.98 Å². The molecule has 12 rings (SSSR count). The maximum atomic E-state index is 5.06. The van der Waals surface area contributed by atoms with Gasteiger partial charge >= 0.3 is 0 Å². The molecule has 0 amide bonds. The molecular formula is C59H38N2S2. The maximum Gasteiger partial charge on any atom is 0.124 e. The lowest BCUT2D eigenvalue weighted by molar-refractivity contribution is 1.28. The average Bonchev–Trinajstić information content (AvgIpc) is 3.95. The van der Waals surface area contributed by atoms with E-state index in [2.05, 4.69) is 235 Å². The molecule has 0 aliphatic rings. The Morgan fingerprint density at radius 3 is 1.75 bits per heavy atom. The van der Waals surface area contributed by atoms with Crippen molar-refractivity contribution in [2.24, 2.45) is 0 Å². The molecule has 0 aliphatic carbocycles. The highest BCUT2D eigenvalue weighted by atomic mass is 32.1. The first-order valence-electron chi connectivity index (χ1n) is 21.3. The fraction of sp³-hybridized carbons (Fsp3) is 0. The van der Waals surface area contributed by atoms with Crippen LogP contribution in [0.2, 0.25) is 0 Å². The quantitative estimate of drug-likeness (QED) is 0.152. The zero-order valence-electron chi connectivity index (χ0n) is 34.2. The first kappa shape index (κ1) is 37.2. The zero-order valence-corrected chi connectivity index (χ0v) is 35.8. The van der Waals surface area contributed by atoms with E-state index in [9.17, 15) is 0 Å². The minimum atomic E-state index is 1.06. The molecule has 2 nitrogen and oxygen atoms in total. The topological polar surface area (TPSA) is 16.1 Å². The number of thiophene rings is 1. The lowest BCUT2D eigenvalue weighted by Gasteiger charge is -2.27. The molecule has 0 aliphatic heterocycles. The van der Waals surface area contributed by atoms with Gasteiger partial charge in [0.2, 0.25) is 0 Å².